The van der Waals surface area contributed by atoms with Gasteiger partial charge in [-0.05, 0) is 35.8 Å². The van der Waals surface area contributed by atoms with Gasteiger partial charge in [0.25, 0.3) is 0 Å². The molecular weight excluding hydrogens is 354 g/mol. The molecule has 4 nitrogen and oxygen atoms in total. The second kappa shape index (κ2) is 8.87. The zero-order chi connectivity index (χ0) is 19.3. The smallest absolute Gasteiger partial charge is 0.220 e. The van der Waals surface area contributed by atoms with Gasteiger partial charge in [-0.25, -0.2) is 4.98 Å². The highest BCUT2D eigenvalue weighted by atomic mass is 32.1. The van der Waals surface area contributed by atoms with E-state index in [-0.39, 0.29) is 11.3 Å². The van der Waals surface area contributed by atoms with Gasteiger partial charge in [-0.15, -0.1) is 11.3 Å². The summed E-state index contributed by atoms with van der Waals surface area (Å²) in [4.78, 5) is 19.2. The number of nitrogens with zero attached hydrogens (tertiary/aromatic N) is 2. The molecule has 146 valence electrons. The minimum absolute atomic E-state index is 0.116. The van der Waals surface area contributed by atoms with Crippen molar-refractivity contribution in [1.29, 1.82) is 0 Å². The van der Waals surface area contributed by atoms with Gasteiger partial charge in [0.05, 0.1) is 5.69 Å². The van der Waals surface area contributed by atoms with Crippen LogP contribution in [0.2, 0.25) is 0 Å². The summed E-state index contributed by atoms with van der Waals surface area (Å²) in [6.07, 6.45) is 4.65. The van der Waals surface area contributed by atoms with Gasteiger partial charge in [-0.1, -0.05) is 45.0 Å². The van der Waals surface area contributed by atoms with Crippen molar-refractivity contribution in [3.63, 3.8) is 0 Å². The van der Waals surface area contributed by atoms with Crippen molar-refractivity contribution in [2.24, 2.45) is 0 Å². The number of aryl methyl sites for hydroxylation is 1. The van der Waals surface area contributed by atoms with Crippen molar-refractivity contribution in [3.8, 4) is 0 Å². The van der Waals surface area contributed by atoms with Gasteiger partial charge < -0.3 is 10.2 Å². The first-order valence-electron chi connectivity index (χ1n) is 9.97. The fourth-order valence-corrected chi connectivity index (χ4v) is 4.23. The first-order chi connectivity index (χ1) is 12.9. The number of benzene rings is 1. The Bertz CT molecular complexity index is 740. The minimum Gasteiger partial charge on any atom is -0.356 e. The van der Waals surface area contributed by atoms with E-state index in [0.717, 1.165) is 36.8 Å². The van der Waals surface area contributed by atoms with Crippen LogP contribution in [0.3, 0.4) is 0 Å². The van der Waals surface area contributed by atoms with Gasteiger partial charge in [0.1, 0.15) is 0 Å². The molecule has 1 saturated heterocycles. The maximum absolute atomic E-state index is 12.1. The lowest BCUT2D eigenvalue weighted by atomic mass is 9.86. The second-order valence-corrected chi connectivity index (χ2v) is 9.20. The molecule has 1 amide bonds. The number of aromatic nitrogens is 1. The van der Waals surface area contributed by atoms with E-state index in [4.69, 9.17) is 4.98 Å². The van der Waals surface area contributed by atoms with Gasteiger partial charge in [0.15, 0.2) is 5.13 Å². The van der Waals surface area contributed by atoms with E-state index in [1.165, 1.54) is 24.0 Å². The first kappa shape index (κ1) is 19.9. The third kappa shape index (κ3) is 5.80. The van der Waals surface area contributed by atoms with Crippen molar-refractivity contribution in [1.82, 2.24) is 10.3 Å². The molecule has 0 aliphatic carbocycles. The van der Waals surface area contributed by atoms with Crippen LogP contribution >= 0.6 is 11.3 Å². The van der Waals surface area contributed by atoms with Crippen LogP contribution in [-0.2, 0) is 23.1 Å². The molecule has 1 aromatic carbocycles. The summed E-state index contributed by atoms with van der Waals surface area (Å²) in [5.74, 6) is 0.116. The van der Waals surface area contributed by atoms with Gasteiger partial charge in [-0.2, -0.15) is 0 Å². The predicted molar refractivity (Wildman–Crippen MR) is 114 cm³/mol. The van der Waals surface area contributed by atoms with Crippen LogP contribution < -0.4 is 10.2 Å². The molecule has 5 heteroatoms. The van der Waals surface area contributed by atoms with E-state index in [9.17, 15) is 4.79 Å². The van der Waals surface area contributed by atoms with Crippen LogP contribution in [0, 0.1) is 0 Å². The molecule has 1 fully saturated rings. The Morgan fingerprint density at radius 3 is 2.52 bits per heavy atom. The number of rotatable bonds is 7. The molecule has 0 bridgehead atoms. The summed E-state index contributed by atoms with van der Waals surface area (Å²) in [6, 6.07) is 8.63. The molecule has 1 aromatic heterocycles. The highest BCUT2D eigenvalue weighted by Crippen LogP contribution is 2.24. The van der Waals surface area contributed by atoms with Crippen LogP contribution in [-0.4, -0.2) is 30.5 Å². The predicted octanol–water partition coefficient (Wildman–Crippen LogP) is 4.33. The van der Waals surface area contributed by atoms with Gasteiger partial charge in [0, 0.05) is 37.9 Å². The third-order valence-electron chi connectivity index (χ3n) is 5.08. The summed E-state index contributed by atoms with van der Waals surface area (Å²) in [5, 5.41) is 6.28. The monoisotopic (exact) mass is 385 g/mol. The lowest BCUT2D eigenvalue weighted by Gasteiger charge is -2.19. The van der Waals surface area contributed by atoms with Crippen LogP contribution in [0.15, 0.2) is 29.6 Å². The van der Waals surface area contributed by atoms with Crippen molar-refractivity contribution in [3.05, 3.63) is 46.5 Å². The minimum atomic E-state index is 0.116. The summed E-state index contributed by atoms with van der Waals surface area (Å²) in [5.41, 5.74) is 3.79. The molecule has 1 aliphatic rings. The number of carbonyl (C=O) groups is 1. The normalized spacial score (nSPS) is 14.6. The van der Waals surface area contributed by atoms with Crippen molar-refractivity contribution >= 4 is 22.4 Å². The van der Waals surface area contributed by atoms with E-state index in [2.05, 4.69) is 60.6 Å². The van der Waals surface area contributed by atoms with Crippen molar-refractivity contribution in [2.75, 3.05) is 24.5 Å². The fraction of sp³-hybridized carbons (Fsp3) is 0.545. The molecule has 1 N–H and O–H groups in total. The van der Waals surface area contributed by atoms with Crippen molar-refractivity contribution in [2.45, 2.75) is 58.3 Å². The summed E-state index contributed by atoms with van der Waals surface area (Å²) >= 11 is 1.72. The molecule has 27 heavy (non-hydrogen) atoms. The number of thiazole rings is 1. The lowest BCUT2D eigenvalue weighted by Crippen LogP contribution is -2.26. The number of hydrogen-bond acceptors (Lipinski definition) is 4. The maximum Gasteiger partial charge on any atom is 0.220 e. The topological polar surface area (TPSA) is 45.2 Å². The number of nitrogens with one attached hydrogen (secondary N) is 1. The molecule has 2 heterocycles. The summed E-state index contributed by atoms with van der Waals surface area (Å²) < 4.78 is 0. The van der Waals surface area contributed by atoms with E-state index >= 15 is 0 Å². The Morgan fingerprint density at radius 1 is 1.15 bits per heavy atom. The van der Waals surface area contributed by atoms with Crippen LogP contribution in [0.4, 0.5) is 5.13 Å². The van der Waals surface area contributed by atoms with E-state index in [1.807, 2.05) is 0 Å². The third-order valence-corrected chi connectivity index (χ3v) is 6.03. The van der Waals surface area contributed by atoms with Gasteiger partial charge >= 0.3 is 0 Å². The highest BCUT2D eigenvalue weighted by Gasteiger charge is 2.16. The molecule has 0 saturated carbocycles. The number of anilines is 1. The van der Waals surface area contributed by atoms with Crippen LogP contribution in [0.5, 0.6) is 0 Å². The average molecular weight is 386 g/mol. The molecule has 1 aliphatic heterocycles. The van der Waals surface area contributed by atoms with Gasteiger partial charge in [0.2, 0.25) is 5.91 Å². The van der Waals surface area contributed by atoms with E-state index in [0.29, 0.717) is 13.0 Å². The summed E-state index contributed by atoms with van der Waals surface area (Å²) in [6.45, 7) is 9.55. The number of hydrogen-bond donors (Lipinski definition) is 1. The Hall–Kier alpha value is -1.88. The average Bonchev–Trinajstić information content (AvgIpc) is 3.31. The number of amides is 1. The molecule has 0 spiro atoms. The van der Waals surface area contributed by atoms with Crippen molar-refractivity contribution < 1.29 is 4.79 Å². The lowest BCUT2D eigenvalue weighted by molar-refractivity contribution is -0.121. The first-order valence-corrected chi connectivity index (χ1v) is 10.9. The van der Waals surface area contributed by atoms with E-state index < -0.39 is 0 Å². The molecule has 0 radical (unpaired) electrons. The SMILES string of the molecule is CC(C)(C)c1ccc(CCC(=O)NCCc2csc(N3CCCC3)n2)cc1. The Morgan fingerprint density at radius 2 is 1.85 bits per heavy atom. The van der Waals surface area contributed by atoms with Crippen LogP contribution in [0.25, 0.3) is 0 Å². The second-order valence-electron chi connectivity index (χ2n) is 8.36. The molecule has 3 rings (SSSR count). The molecular formula is C22H31N3OS. The molecule has 0 atom stereocenters. The molecule has 0 unspecified atom stereocenters. The fourth-order valence-electron chi connectivity index (χ4n) is 3.31. The Labute approximate surface area is 167 Å². The summed E-state index contributed by atoms with van der Waals surface area (Å²) in [7, 11) is 0. The standard InChI is InChI=1S/C22H31N3OS/c1-22(2,3)18-9-6-17(7-10-18)8-11-20(26)23-13-12-19-16-27-21(24-19)25-14-4-5-15-25/h6-7,9-10,16H,4-5,8,11-15H2,1-3H3,(H,23,26). The molecule has 2 aromatic rings. The van der Waals surface area contributed by atoms with Crippen LogP contribution in [0.1, 0.15) is 56.9 Å². The zero-order valence-electron chi connectivity index (χ0n) is 16.8. The Kier molecular flexibility index (Phi) is 6.53. The maximum atomic E-state index is 12.1. The number of carbonyl (C=O) groups excluding carboxylic acids is 1. The quantitative estimate of drug-likeness (QED) is 0.771. The zero-order valence-corrected chi connectivity index (χ0v) is 17.6. The largest absolute Gasteiger partial charge is 0.356 e. The van der Waals surface area contributed by atoms with E-state index in [1.54, 1.807) is 11.3 Å². The Balaban J connectivity index is 1.37. The highest BCUT2D eigenvalue weighted by molar-refractivity contribution is 7.13. The van der Waals surface area contributed by atoms with Gasteiger partial charge in [-0.3, -0.25) is 4.79 Å².